The van der Waals surface area contributed by atoms with Gasteiger partial charge in [0.15, 0.2) is 0 Å². The van der Waals surface area contributed by atoms with Gasteiger partial charge in [-0.25, -0.2) is 8.42 Å². The van der Waals surface area contributed by atoms with Crippen molar-refractivity contribution in [2.24, 2.45) is 0 Å². The number of hydrogen-bond acceptors (Lipinski definition) is 3. The molecule has 92 valence electrons. The molecule has 1 amide bonds. The number of sulfonamides is 1. The van der Waals surface area contributed by atoms with Gasteiger partial charge in [0.2, 0.25) is 15.9 Å². The van der Waals surface area contributed by atoms with Crippen LogP contribution in [0.15, 0.2) is 0 Å². The molecule has 1 unspecified atom stereocenters. The molecule has 16 heavy (non-hydrogen) atoms. The maximum Gasteiger partial charge on any atom is 0.241 e. The zero-order chi connectivity index (χ0) is 11.8. The number of carbonyl (C=O) groups is 1. The van der Waals surface area contributed by atoms with E-state index in [4.69, 9.17) is 0 Å². The molecule has 2 rings (SSSR count). The predicted octanol–water partition coefficient (Wildman–Crippen LogP) is 0.0328. The van der Waals surface area contributed by atoms with Gasteiger partial charge in [-0.1, -0.05) is 0 Å². The van der Waals surface area contributed by atoms with E-state index in [1.54, 1.807) is 4.90 Å². The molecular formula is C10H18N2O3S. The Hall–Kier alpha value is -0.620. The number of carbonyl (C=O) groups excluding carboxylic acids is 1. The van der Waals surface area contributed by atoms with E-state index in [0.29, 0.717) is 13.0 Å². The highest BCUT2D eigenvalue weighted by atomic mass is 32.2. The summed E-state index contributed by atoms with van der Waals surface area (Å²) in [7, 11) is -3.24. The van der Waals surface area contributed by atoms with Crippen LogP contribution in [0.2, 0.25) is 0 Å². The number of rotatable bonds is 2. The van der Waals surface area contributed by atoms with Gasteiger partial charge in [0.05, 0.1) is 6.26 Å². The van der Waals surface area contributed by atoms with Gasteiger partial charge in [-0.15, -0.1) is 0 Å². The Balaban J connectivity index is 2.10. The van der Waals surface area contributed by atoms with Crippen LogP contribution in [0.1, 0.15) is 25.7 Å². The summed E-state index contributed by atoms with van der Waals surface area (Å²) in [6, 6.07) is -0.437. The summed E-state index contributed by atoms with van der Waals surface area (Å²) in [5, 5.41) is 0. The van der Waals surface area contributed by atoms with Crippen LogP contribution in [-0.2, 0) is 14.8 Å². The summed E-state index contributed by atoms with van der Waals surface area (Å²) in [5.74, 6) is 0.000394. The van der Waals surface area contributed by atoms with Crippen molar-refractivity contribution in [3.8, 4) is 0 Å². The molecule has 1 atom stereocenters. The van der Waals surface area contributed by atoms with E-state index in [9.17, 15) is 13.2 Å². The number of nitrogens with zero attached hydrogens (tertiary/aromatic N) is 2. The lowest BCUT2D eigenvalue weighted by molar-refractivity contribution is -0.133. The van der Waals surface area contributed by atoms with E-state index in [2.05, 4.69) is 0 Å². The normalized spacial score (nSPS) is 27.6. The van der Waals surface area contributed by atoms with Crippen LogP contribution in [0.5, 0.6) is 0 Å². The summed E-state index contributed by atoms with van der Waals surface area (Å²) in [4.78, 5) is 13.9. The Morgan fingerprint density at radius 1 is 1.12 bits per heavy atom. The van der Waals surface area contributed by atoms with Crippen LogP contribution < -0.4 is 0 Å². The Morgan fingerprint density at radius 2 is 1.75 bits per heavy atom. The Bertz CT molecular complexity index is 374. The molecular weight excluding hydrogens is 228 g/mol. The van der Waals surface area contributed by atoms with E-state index in [1.807, 2.05) is 0 Å². The van der Waals surface area contributed by atoms with Gasteiger partial charge >= 0.3 is 0 Å². The van der Waals surface area contributed by atoms with Gasteiger partial charge in [-0.05, 0) is 25.7 Å². The molecule has 0 radical (unpaired) electrons. The zero-order valence-electron chi connectivity index (χ0n) is 9.55. The molecule has 6 heteroatoms. The van der Waals surface area contributed by atoms with Gasteiger partial charge < -0.3 is 4.90 Å². The maximum absolute atomic E-state index is 12.1. The van der Waals surface area contributed by atoms with E-state index in [1.165, 1.54) is 10.6 Å². The largest absolute Gasteiger partial charge is 0.341 e. The zero-order valence-corrected chi connectivity index (χ0v) is 10.4. The summed E-state index contributed by atoms with van der Waals surface area (Å²) in [6.07, 6.45) is 4.72. The highest BCUT2D eigenvalue weighted by molar-refractivity contribution is 7.88. The van der Waals surface area contributed by atoms with E-state index >= 15 is 0 Å². The molecule has 2 heterocycles. The third-order valence-corrected chi connectivity index (χ3v) is 4.62. The maximum atomic E-state index is 12.1. The molecule has 0 aromatic rings. The first-order valence-electron chi connectivity index (χ1n) is 5.76. The molecule has 0 saturated carbocycles. The average Bonchev–Trinajstić information content (AvgIpc) is 2.87. The topological polar surface area (TPSA) is 57.7 Å². The van der Waals surface area contributed by atoms with E-state index in [0.717, 1.165) is 32.4 Å². The van der Waals surface area contributed by atoms with Gasteiger partial charge in [-0.2, -0.15) is 4.31 Å². The molecule has 2 aliphatic rings. The van der Waals surface area contributed by atoms with Crippen molar-refractivity contribution in [3.63, 3.8) is 0 Å². The minimum Gasteiger partial charge on any atom is -0.341 e. The van der Waals surface area contributed by atoms with Gasteiger partial charge in [0.1, 0.15) is 6.04 Å². The van der Waals surface area contributed by atoms with E-state index in [-0.39, 0.29) is 5.91 Å². The third-order valence-electron chi connectivity index (χ3n) is 3.33. The fourth-order valence-electron chi connectivity index (χ4n) is 2.53. The monoisotopic (exact) mass is 246 g/mol. The van der Waals surface area contributed by atoms with Crippen LogP contribution in [-0.4, -0.2) is 55.5 Å². The number of hydrogen-bond donors (Lipinski definition) is 0. The third kappa shape index (κ3) is 2.22. The first kappa shape index (κ1) is 11.9. The lowest BCUT2D eigenvalue weighted by Crippen LogP contribution is -2.46. The molecule has 0 aromatic heterocycles. The molecule has 2 fully saturated rings. The summed E-state index contributed by atoms with van der Waals surface area (Å²) < 4.78 is 24.4. The Kier molecular flexibility index (Phi) is 3.21. The Morgan fingerprint density at radius 3 is 2.31 bits per heavy atom. The summed E-state index contributed by atoms with van der Waals surface area (Å²) >= 11 is 0. The lowest BCUT2D eigenvalue weighted by atomic mass is 10.2. The van der Waals surface area contributed by atoms with Crippen LogP contribution in [0.4, 0.5) is 0 Å². The molecule has 0 N–H and O–H groups in total. The van der Waals surface area contributed by atoms with Crippen LogP contribution in [0, 0.1) is 0 Å². The molecule has 0 aromatic carbocycles. The van der Waals surface area contributed by atoms with E-state index < -0.39 is 16.1 Å². The summed E-state index contributed by atoms with van der Waals surface area (Å²) in [6.45, 7) is 2.06. The Labute approximate surface area is 96.5 Å². The van der Waals surface area contributed by atoms with Crippen molar-refractivity contribution in [1.29, 1.82) is 0 Å². The van der Waals surface area contributed by atoms with Crippen molar-refractivity contribution in [1.82, 2.24) is 9.21 Å². The van der Waals surface area contributed by atoms with Gasteiger partial charge in [-0.3, -0.25) is 4.79 Å². The fraction of sp³-hybridized carbons (Fsp3) is 0.900. The summed E-state index contributed by atoms with van der Waals surface area (Å²) in [5.41, 5.74) is 0. The highest BCUT2D eigenvalue weighted by Gasteiger charge is 2.38. The number of amides is 1. The quantitative estimate of drug-likeness (QED) is 0.691. The standard InChI is InChI=1S/C10H18N2O3S/c1-16(14,15)12-8-4-5-9(12)10(13)11-6-2-3-7-11/h9H,2-8H2,1H3. The molecule has 0 spiro atoms. The van der Waals surface area contributed by atoms with Gasteiger partial charge in [0.25, 0.3) is 0 Å². The average molecular weight is 246 g/mol. The van der Waals surface area contributed by atoms with Crippen molar-refractivity contribution in [2.75, 3.05) is 25.9 Å². The fourth-order valence-corrected chi connectivity index (χ4v) is 3.65. The second-order valence-electron chi connectivity index (χ2n) is 4.56. The van der Waals surface area contributed by atoms with Crippen molar-refractivity contribution < 1.29 is 13.2 Å². The minimum absolute atomic E-state index is 0.000394. The first-order chi connectivity index (χ1) is 7.50. The SMILES string of the molecule is CS(=O)(=O)N1CCCC1C(=O)N1CCCC1. The van der Waals surface area contributed by atoms with Crippen LogP contribution in [0.3, 0.4) is 0 Å². The van der Waals surface area contributed by atoms with Crippen molar-refractivity contribution in [2.45, 2.75) is 31.7 Å². The predicted molar refractivity (Wildman–Crippen MR) is 60.4 cm³/mol. The molecule has 2 saturated heterocycles. The second kappa shape index (κ2) is 4.33. The minimum atomic E-state index is -3.24. The van der Waals surface area contributed by atoms with Crippen LogP contribution >= 0.6 is 0 Å². The molecule has 0 aliphatic carbocycles. The second-order valence-corrected chi connectivity index (χ2v) is 6.50. The van der Waals surface area contributed by atoms with Crippen molar-refractivity contribution in [3.05, 3.63) is 0 Å². The highest BCUT2D eigenvalue weighted by Crippen LogP contribution is 2.23. The van der Waals surface area contributed by atoms with Crippen LogP contribution in [0.25, 0.3) is 0 Å². The lowest BCUT2D eigenvalue weighted by Gasteiger charge is -2.25. The molecule has 0 bridgehead atoms. The smallest absolute Gasteiger partial charge is 0.241 e. The first-order valence-corrected chi connectivity index (χ1v) is 7.60. The number of likely N-dealkylation sites (tertiary alicyclic amines) is 1. The molecule has 5 nitrogen and oxygen atoms in total. The van der Waals surface area contributed by atoms with Gasteiger partial charge in [0, 0.05) is 19.6 Å². The van der Waals surface area contributed by atoms with Crippen molar-refractivity contribution >= 4 is 15.9 Å². The molecule has 2 aliphatic heterocycles.